The monoisotopic (exact) mass is 451 g/mol. The topological polar surface area (TPSA) is 49.5 Å². The third-order valence-corrected chi connectivity index (χ3v) is 6.39. The highest BCUT2D eigenvalue weighted by molar-refractivity contribution is 6.33. The van der Waals surface area contributed by atoms with E-state index in [2.05, 4.69) is 33.1 Å². The van der Waals surface area contributed by atoms with Crippen LogP contribution in [0.5, 0.6) is 0 Å². The summed E-state index contributed by atoms with van der Waals surface area (Å²) in [6, 6.07) is 19.9. The Balaban J connectivity index is 1.25. The molecule has 0 spiro atoms. The predicted molar refractivity (Wildman–Crippen MR) is 130 cm³/mol. The van der Waals surface area contributed by atoms with Gasteiger partial charge in [0.05, 0.1) is 18.3 Å². The van der Waals surface area contributed by atoms with Gasteiger partial charge in [-0.1, -0.05) is 41.4 Å². The fourth-order valence-electron chi connectivity index (χ4n) is 4.45. The maximum atomic E-state index is 10.7. The van der Waals surface area contributed by atoms with Gasteiger partial charge in [-0.05, 0) is 61.0 Å². The summed E-state index contributed by atoms with van der Waals surface area (Å²) < 4.78 is 2.14. The van der Waals surface area contributed by atoms with Crippen LogP contribution in [0.2, 0.25) is 10.0 Å². The van der Waals surface area contributed by atoms with E-state index in [4.69, 9.17) is 23.2 Å². The van der Waals surface area contributed by atoms with E-state index in [0.29, 0.717) is 29.1 Å². The number of aliphatic hydroxyl groups excluding tert-OH is 1. The van der Waals surface area contributed by atoms with Crippen molar-refractivity contribution in [2.45, 2.75) is 25.0 Å². The number of hydrogen-bond donors (Lipinski definition) is 2. The van der Waals surface area contributed by atoms with E-state index in [0.717, 1.165) is 40.5 Å². The van der Waals surface area contributed by atoms with E-state index in [1.54, 1.807) is 0 Å². The lowest BCUT2D eigenvalue weighted by atomic mass is 9.98. The molecule has 2 atom stereocenters. The minimum Gasteiger partial charge on any atom is -0.390 e. The number of aromatic nitrogens is 1. The van der Waals surface area contributed by atoms with E-state index < -0.39 is 6.10 Å². The molecule has 0 fully saturated rings. The summed E-state index contributed by atoms with van der Waals surface area (Å²) in [5.41, 5.74) is 4.44. The number of nitrogens with zero attached hydrogens (tertiary/aromatic N) is 2. The van der Waals surface area contributed by atoms with Gasteiger partial charge in [0.15, 0.2) is 0 Å². The number of aliphatic imine (C=N–C) groups is 1. The van der Waals surface area contributed by atoms with Gasteiger partial charge >= 0.3 is 0 Å². The van der Waals surface area contributed by atoms with Crippen molar-refractivity contribution >= 4 is 56.9 Å². The Morgan fingerprint density at radius 1 is 0.968 bits per heavy atom. The third kappa shape index (κ3) is 4.09. The van der Waals surface area contributed by atoms with Crippen LogP contribution in [0.1, 0.15) is 17.9 Å². The SMILES string of the molecule is O[C@H](CNCC[C@H]1C=Nc2ccccc21)Cn1c2ccc(Cl)cc2c2cc(Cl)ccc21. The summed E-state index contributed by atoms with van der Waals surface area (Å²) >= 11 is 12.5. The first-order valence-electron chi connectivity index (χ1n) is 10.5. The predicted octanol–water partition coefficient (Wildman–Crippen LogP) is 5.94. The molecule has 2 N–H and O–H groups in total. The Bertz CT molecular complexity index is 1220. The number of benzene rings is 3. The summed E-state index contributed by atoms with van der Waals surface area (Å²) in [4.78, 5) is 4.49. The van der Waals surface area contributed by atoms with E-state index in [1.807, 2.05) is 48.7 Å². The highest BCUT2D eigenvalue weighted by Gasteiger charge is 2.18. The second-order valence-electron chi connectivity index (χ2n) is 8.02. The second-order valence-corrected chi connectivity index (χ2v) is 8.90. The molecule has 0 radical (unpaired) electrons. The van der Waals surface area contributed by atoms with Crippen molar-refractivity contribution in [1.29, 1.82) is 0 Å². The van der Waals surface area contributed by atoms with Crippen molar-refractivity contribution < 1.29 is 5.11 Å². The minimum absolute atomic E-state index is 0.340. The Morgan fingerprint density at radius 3 is 2.35 bits per heavy atom. The van der Waals surface area contributed by atoms with Gasteiger partial charge in [0.1, 0.15) is 0 Å². The van der Waals surface area contributed by atoms with E-state index >= 15 is 0 Å². The maximum Gasteiger partial charge on any atom is 0.0843 e. The maximum absolute atomic E-state index is 10.7. The zero-order valence-corrected chi connectivity index (χ0v) is 18.4. The molecule has 1 aliphatic heterocycles. The van der Waals surface area contributed by atoms with Crippen LogP contribution in [0.15, 0.2) is 65.7 Å². The Hall–Kier alpha value is -2.37. The number of hydrogen-bond acceptors (Lipinski definition) is 3. The average Bonchev–Trinajstić information content (AvgIpc) is 3.30. The molecule has 5 rings (SSSR count). The molecule has 31 heavy (non-hydrogen) atoms. The van der Waals surface area contributed by atoms with Gasteiger partial charge in [-0.25, -0.2) is 0 Å². The van der Waals surface area contributed by atoms with E-state index in [1.165, 1.54) is 5.56 Å². The van der Waals surface area contributed by atoms with Crippen LogP contribution < -0.4 is 5.32 Å². The fourth-order valence-corrected chi connectivity index (χ4v) is 4.79. The number of nitrogens with one attached hydrogen (secondary N) is 1. The second kappa shape index (κ2) is 8.64. The highest BCUT2D eigenvalue weighted by atomic mass is 35.5. The zero-order valence-electron chi connectivity index (χ0n) is 16.9. The average molecular weight is 452 g/mol. The van der Waals surface area contributed by atoms with Crippen molar-refractivity contribution in [3.05, 3.63) is 76.3 Å². The molecule has 0 bridgehead atoms. The molecule has 0 amide bonds. The van der Waals surface area contributed by atoms with Gasteiger partial charge < -0.3 is 15.0 Å². The Labute approximate surface area is 191 Å². The van der Waals surface area contributed by atoms with Gasteiger partial charge in [-0.3, -0.25) is 4.99 Å². The molecular weight excluding hydrogens is 429 g/mol. The summed E-state index contributed by atoms with van der Waals surface area (Å²) in [7, 11) is 0. The largest absolute Gasteiger partial charge is 0.390 e. The standard InChI is InChI=1S/C25H23Cl2N3O/c26-17-5-7-24-21(11-17)22-12-18(27)6-8-25(22)30(24)15-19(31)14-28-10-9-16-13-29-23-4-2-1-3-20(16)23/h1-8,11-13,16,19,28,31H,9-10,14-15H2/t16-,19+/m0/s1. The Kier molecular flexibility index (Phi) is 5.72. The van der Waals surface area contributed by atoms with Gasteiger partial charge in [-0.15, -0.1) is 0 Å². The van der Waals surface area contributed by atoms with Gasteiger partial charge in [0.25, 0.3) is 0 Å². The number of rotatable bonds is 7. The van der Waals surface area contributed by atoms with Crippen LogP contribution in [0.25, 0.3) is 21.8 Å². The molecule has 2 heterocycles. The van der Waals surface area contributed by atoms with E-state index in [9.17, 15) is 5.11 Å². The van der Waals surface area contributed by atoms with Crippen molar-refractivity contribution in [2.75, 3.05) is 13.1 Å². The quantitative estimate of drug-likeness (QED) is 0.341. The Morgan fingerprint density at radius 2 is 1.65 bits per heavy atom. The fraction of sp³-hybridized carbons (Fsp3) is 0.240. The minimum atomic E-state index is -0.519. The van der Waals surface area contributed by atoms with Crippen molar-refractivity contribution in [2.24, 2.45) is 4.99 Å². The van der Waals surface area contributed by atoms with Gasteiger partial charge in [-0.2, -0.15) is 0 Å². The molecular formula is C25H23Cl2N3O. The smallest absolute Gasteiger partial charge is 0.0843 e. The summed E-state index contributed by atoms with van der Waals surface area (Å²) in [5.74, 6) is 0.340. The van der Waals surface area contributed by atoms with Crippen molar-refractivity contribution in [3.63, 3.8) is 0 Å². The molecule has 3 aromatic carbocycles. The van der Waals surface area contributed by atoms with Crippen LogP contribution in [0.4, 0.5) is 5.69 Å². The summed E-state index contributed by atoms with van der Waals surface area (Å²) in [6.45, 7) is 1.83. The number of para-hydroxylation sites is 1. The lowest BCUT2D eigenvalue weighted by Gasteiger charge is -2.16. The molecule has 1 aliphatic rings. The summed E-state index contributed by atoms with van der Waals surface area (Å²) in [5, 5.41) is 17.6. The molecule has 158 valence electrons. The third-order valence-electron chi connectivity index (χ3n) is 5.92. The van der Waals surface area contributed by atoms with Crippen LogP contribution in [-0.2, 0) is 6.54 Å². The zero-order chi connectivity index (χ0) is 21.4. The number of fused-ring (bicyclic) bond motifs is 4. The first kappa shape index (κ1) is 20.5. The van der Waals surface area contributed by atoms with Crippen LogP contribution in [0.3, 0.4) is 0 Å². The van der Waals surface area contributed by atoms with Gasteiger partial charge in [0.2, 0.25) is 0 Å². The molecule has 0 saturated heterocycles. The lowest BCUT2D eigenvalue weighted by Crippen LogP contribution is -2.31. The van der Waals surface area contributed by atoms with Crippen LogP contribution >= 0.6 is 23.2 Å². The number of halogens is 2. The normalized spacial score (nSPS) is 16.3. The number of aliphatic hydroxyl groups is 1. The van der Waals surface area contributed by atoms with Crippen LogP contribution in [0, 0.1) is 0 Å². The van der Waals surface area contributed by atoms with E-state index in [-0.39, 0.29) is 0 Å². The van der Waals surface area contributed by atoms with Gasteiger partial charge in [0, 0.05) is 50.5 Å². The first-order valence-corrected chi connectivity index (χ1v) is 11.2. The summed E-state index contributed by atoms with van der Waals surface area (Å²) in [6.07, 6.45) is 2.46. The lowest BCUT2D eigenvalue weighted by molar-refractivity contribution is 0.154. The molecule has 0 aliphatic carbocycles. The highest BCUT2D eigenvalue weighted by Crippen LogP contribution is 2.34. The molecule has 4 aromatic rings. The molecule has 0 unspecified atom stereocenters. The molecule has 1 aromatic heterocycles. The molecule has 0 saturated carbocycles. The first-order chi connectivity index (χ1) is 15.1. The van der Waals surface area contributed by atoms with Crippen molar-refractivity contribution in [1.82, 2.24) is 9.88 Å². The van der Waals surface area contributed by atoms with Crippen molar-refractivity contribution in [3.8, 4) is 0 Å². The molecule has 4 nitrogen and oxygen atoms in total. The molecule has 6 heteroatoms. The van der Waals surface area contributed by atoms with Crippen LogP contribution in [-0.4, -0.2) is 35.1 Å².